The maximum absolute atomic E-state index is 13.1. The van der Waals surface area contributed by atoms with E-state index < -0.39 is 10.0 Å². The van der Waals surface area contributed by atoms with Crippen LogP contribution in [0.5, 0.6) is 0 Å². The molecule has 1 aliphatic heterocycles. The van der Waals surface area contributed by atoms with Crippen LogP contribution in [0, 0.1) is 0 Å². The Morgan fingerprint density at radius 3 is 2.48 bits per heavy atom. The average molecular weight is 304 g/mol. The molecule has 2 aromatic rings. The van der Waals surface area contributed by atoms with Crippen molar-refractivity contribution in [2.45, 2.75) is 50.1 Å². The highest BCUT2D eigenvalue weighted by molar-refractivity contribution is 7.89. The molecule has 0 spiro atoms. The Morgan fingerprint density at radius 2 is 1.76 bits per heavy atom. The number of para-hydroxylation sites is 1. The molecule has 0 saturated carbocycles. The van der Waals surface area contributed by atoms with Gasteiger partial charge in [-0.1, -0.05) is 24.6 Å². The van der Waals surface area contributed by atoms with Crippen LogP contribution < -0.4 is 0 Å². The Labute approximate surface area is 125 Å². The van der Waals surface area contributed by atoms with Gasteiger partial charge in [-0.15, -0.1) is 0 Å². The fraction of sp³-hybridized carbons (Fsp3) is 0.438. The quantitative estimate of drug-likeness (QED) is 0.856. The van der Waals surface area contributed by atoms with Crippen LogP contribution in [-0.2, 0) is 10.0 Å². The number of rotatable bonds is 2. The van der Waals surface area contributed by atoms with Crippen LogP contribution in [0.15, 0.2) is 41.4 Å². The van der Waals surface area contributed by atoms with Crippen molar-refractivity contribution in [3.8, 4) is 0 Å². The summed E-state index contributed by atoms with van der Waals surface area (Å²) in [4.78, 5) is 4.61. The highest BCUT2D eigenvalue weighted by atomic mass is 32.2. The molecular weight excluding hydrogens is 284 g/mol. The summed E-state index contributed by atoms with van der Waals surface area (Å²) in [5.74, 6) is 0. The summed E-state index contributed by atoms with van der Waals surface area (Å²) < 4.78 is 27.9. The maximum Gasteiger partial charge on any atom is 0.245 e. The van der Waals surface area contributed by atoms with Crippen molar-refractivity contribution < 1.29 is 8.42 Å². The van der Waals surface area contributed by atoms with Gasteiger partial charge in [0, 0.05) is 23.7 Å². The molecule has 0 amide bonds. The minimum Gasteiger partial charge on any atom is -0.255 e. The molecule has 4 nitrogen and oxygen atoms in total. The van der Waals surface area contributed by atoms with Gasteiger partial charge in [0.25, 0.3) is 0 Å². The summed E-state index contributed by atoms with van der Waals surface area (Å²) in [7, 11) is -3.52. The Balaban J connectivity index is 2.16. The number of benzene rings is 1. The summed E-state index contributed by atoms with van der Waals surface area (Å²) >= 11 is 0. The second-order valence-corrected chi connectivity index (χ2v) is 7.61. The van der Waals surface area contributed by atoms with Crippen LogP contribution in [0.1, 0.15) is 33.1 Å². The highest BCUT2D eigenvalue weighted by Crippen LogP contribution is 2.31. The molecule has 1 aromatic carbocycles. The number of pyridine rings is 1. The standard InChI is InChI=1S/C16H20N2O2S/c1-12-6-3-7-13(2)18(12)21(19,20)15-10-4-8-14-9-5-11-17-16(14)15/h4-5,8-13H,3,6-7H2,1-2H3/t12-,13+. The number of fused-ring (bicyclic) bond motifs is 1. The van der Waals surface area contributed by atoms with E-state index in [9.17, 15) is 8.42 Å². The van der Waals surface area contributed by atoms with E-state index in [2.05, 4.69) is 4.98 Å². The molecule has 3 rings (SSSR count). The van der Waals surface area contributed by atoms with Crippen LogP contribution in [0.3, 0.4) is 0 Å². The Kier molecular flexibility index (Phi) is 3.71. The van der Waals surface area contributed by atoms with Crippen molar-refractivity contribution >= 4 is 20.9 Å². The molecule has 0 radical (unpaired) electrons. The van der Waals surface area contributed by atoms with Gasteiger partial charge >= 0.3 is 0 Å². The summed E-state index contributed by atoms with van der Waals surface area (Å²) in [6.45, 7) is 3.98. The molecule has 1 fully saturated rings. The first-order valence-corrected chi connectivity index (χ1v) is 8.83. The second-order valence-electron chi connectivity index (χ2n) is 5.80. The number of hydrogen-bond donors (Lipinski definition) is 0. The van der Waals surface area contributed by atoms with Crippen molar-refractivity contribution in [1.82, 2.24) is 9.29 Å². The van der Waals surface area contributed by atoms with Gasteiger partial charge in [-0.25, -0.2) is 8.42 Å². The van der Waals surface area contributed by atoms with Crippen LogP contribution in [0.4, 0.5) is 0 Å². The minimum atomic E-state index is -3.52. The van der Waals surface area contributed by atoms with E-state index in [1.807, 2.05) is 32.0 Å². The maximum atomic E-state index is 13.1. The van der Waals surface area contributed by atoms with Crippen molar-refractivity contribution in [2.24, 2.45) is 0 Å². The Morgan fingerprint density at radius 1 is 1.10 bits per heavy atom. The van der Waals surface area contributed by atoms with E-state index in [-0.39, 0.29) is 12.1 Å². The normalized spacial score (nSPS) is 24.3. The Bertz CT molecular complexity index is 742. The third kappa shape index (κ3) is 2.45. The SMILES string of the molecule is C[C@@H]1CCC[C@H](C)N1S(=O)(=O)c1cccc2cccnc12. The van der Waals surface area contributed by atoms with Gasteiger partial charge in [-0.3, -0.25) is 4.98 Å². The van der Waals surface area contributed by atoms with Crippen molar-refractivity contribution in [3.63, 3.8) is 0 Å². The zero-order valence-corrected chi connectivity index (χ0v) is 13.2. The molecule has 2 atom stereocenters. The minimum absolute atomic E-state index is 0.0396. The lowest BCUT2D eigenvalue weighted by Gasteiger charge is -2.37. The number of sulfonamides is 1. The predicted octanol–water partition coefficient (Wildman–Crippen LogP) is 3.19. The molecule has 0 aliphatic carbocycles. The topological polar surface area (TPSA) is 50.3 Å². The molecule has 21 heavy (non-hydrogen) atoms. The third-order valence-corrected chi connectivity index (χ3v) is 6.42. The molecule has 2 heterocycles. The largest absolute Gasteiger partial charge is 0.255 e. The van der Waals surface area contributed by atoms with Gasteiger partial charge in [0.1, 0.15) is 4.90 Å². The zero-order valence-electron chi connectivity index (χ0n) is 12.4. The van der Waals surface area contributed by atoms with E-state index in [0.29, 0.717) is 10.4 Å². The molecule has 1 aromatic heterocycles. The van der Waals surface area contributed by atoms with E-state index in [4.69, 9.17) is 0 Å². The smallest absolute Gasteiger partial charge is 0.245 e. The molecule has 0 bridgehead atoms. The summed E-state index contributed by atoms with van der Waals surface area (Å²) in [5, 5.41) is 0.857. The molecule has 1 aliphatic rings. The first-order valence-electron chi connectivity index (χ1n) is 7.39. The number of hydrogen-bond acceptors (Lipinski definition) is 3. The summed E-state index contributed by atoms with van der Waals surface area (Å²) in [6, 6.07) is 9.14. The van der Waals surface area contributed by atoms with Crippen LogP contribution in [-0.4, -0.2) is 29.8 Å². The first-order chi connectivity index (χ1) is 10.0. The van der Waals surface area contributed by atoms with Gasteiger partial charge in [0.2, 0.25) is 10.0 Å². The van der Waals surface area contributed by atoms with Gasteiger partial charge < -0.3 is 0 Å². The lowest BCUT2D eigenvalue weighted by Crippen LogP contribution is -2.47. The molecule has 1 saturated heterocycles. The predicted molar refractivity (Wildman–Crippen MR) is 83.5 cm³/mol. The number of aromatic nitrogens is 1. The van der Waals surface area contributed by atoms with Crippen molar-refractivity contribution in [2.75, 3.05) is 0 Å². The van der Waals surface area contributed by atoms with E-state index >= 15 is 0 Å². The molecular formula is C16H20N2O2S. The Hall–Kier alpha value is -1.46. The molecule has 0 N–H and O–H groups in total. The summed E-state index contributed by atoms with van der Waals surface area (Å²) in [5.41, 5.74) is 0.560. The zero-order chi connectivity index (χ0) is 15.0. The van der Waals surface area contributed by atoms with E-state index in [1.54, 1.807) is 22.6 Å². The lowest BCUT2D eigenvalue weighted by atomic mass is 10.0. The van der Waals surface area contributed by atoms with E-state index in [0.717, 1.165) is 24.6 Å². The first kappa shape index (κ1) is 14.5. The van der Waals surface area contributed by atoms with Gasteiger partial charge in [0.15, 0.2) is 0 Å². The monoisotopic (exact) mass is 304 g/mol. The highest BCUT2D eigenvalue weighted by Gasteiger charge is 2.36. The molecule has 5 heteroatoms. The van der Waals surface area contributed by atoms with Crippen LogP contribution in [0.2, 0.25) is 0 Å². The fourth-order valence-corrected chi connectivity index (χ4v) is 5.32. The van der Waals surface area contributed by atoms with Gasteiger partial charge in [-0.2, -0.15) is 4.31 Å². The van der Waals surface area contributed by atoms with Crippen molar-refractivity contribution in [3.05, 3.63) is 36.5 Å². The fourth-order valence-electron chi connectivity index (χ4n) is 3.27. The second kappa shape index (κ2) is 5.39. The van der Waals surface area contributed by atoms with Crippen molar-refractivity contribution in [1.29, 1.82) is 0 Å². The number of piperidine rings is 1. The van der Waals surface area contributed by atoms with Crippen LogP contribution in [0.25, 0.3) is 10.9 Å². The molecule has 0 unspecified atom stereocenters. The number of nitrogens with zero attached hydrogens (tertiary/aromatic N) is 2. The lowest BCUT2D eigenvalue weighted by molar-refractivity contribution is 0.204. The van der Waals surface area contributed by atoms with Gasteiger partial charge in [-0.05, 0) is 38.8 Å². The van der Waals surface area contributed by atoms with Crippen LogP contribution >= 0.6 is 0 Å². The average Bonchev–Trinajstić information content (AvgIpc) is 2.46. The summed E-state index contributed by atoms with van der Waals surface area (Å²) in [6.07, 6.45) is 4.57. The van der Waals surface area contributed by atoms with E-state index in [1.165, 1.54) is 0 Å². The molecule has 112 valence electrons. The third-order valence-electron chi connectivity index (χ3n) is 4.26. The van der Waals surface area contributed by atoms with Gasteiger partial charge in [0.05, 0.1) is 5.52 Å².